The molecule has 0 bridgehead atoms. The molecular formula is C40H38F6N6O6. The maximum atomic E-state index is 12.9. The summed E-state index contributed by atoms with van der Waals surface area (Å²) < 4.78 is 84.8. The maximum Gasteiger partial charge on any atom is 0.416 e. The Morgan fingerprint density at radius 1 is 0.845 bits per heavy atom. The quantitative estimate of drug-likeness (QED) is 0.0665. The zero-order valence-electron chi connectivity index (χ0n) is 32.0. The Morgan fingerprint density at radius 3 is 2.14 bits per heavy atom. The summed E-state index contributed by atoms with van der Waals surface area (Å²) in [4.78, 5) is 39.6. The van der Waals surface area contributed by atoms with Crippen molar-refractivity contribution in [3.63, 3.8) is 0 Å². The van der Waals surface area contributed by atoms with Crippen LogP contribution in [-0.2, 0) is 45.3 Å². The van der Waals surface area contributed by atoms with E-state index in [1.165, 1.54) is 63.2 Å². The van der Waals surface area contributed by atoms with E-state index >= 15 is 0 Å². The predicted molar refractivity (Wildman–Crippen MR) is 203 cm³/mol. The predicted octanol–water partition coefficient (Wildman–Crippen LogP) is 8.30. The fourth-order valence-corrected chi connectivity index (χ4v) is 5.23. The molecule has 1 unspecified atom stereocenters. The summed E-state index contributed by atoms with van der Waals surface area (Å²) in [6, 6.07) is 23.6. The highest BCUT2D eigenvalue weighted by atomic mass is 19.4. The van der Waals surface area contributed by atoms with Crippen molar-refractivity contribution < 1.29 is 50.4 Å². The second-order valence-electron chi connectivity index (χ2n) is 12.3. The molecule has 0 aliphatic heterocycles. The first-order chi connectivity index (χ1) is 27.5. The highest BCUT2D eigenvalue weighted by Crippen LogP contribution is 2.32. The Bertz CT molecular complexity index is 2350. The molecule has 58 heavy (non-hydrogen) atoms. The van der Waals surface area contributed by atoms with Gasteiger partial charge in [-0.05, 0) is 55.3 Å². The molecule has 0 saturated heterocycles. The third kappa shape index (κ3) is 11.4. The standard InChI is InChI=1S/C20H19F3N4O3.C20H19F3N2O3/c1-13(14-8-6-9-16(11-14)20(21,22)23)25-30-12-15-7-4-5-10-17(15)27-18(29-3)24-26(2)19(27)28;1-13(26)19(25-27-3)18-10-5-4-7-16(18)12-24-28-14(2)15-8-6-9-17(11-15)20(21,22)23/h4-11H,12H2,1-3H3;4-12,14H,1-3H3/b25-13+;24-12+,25-19-. The number of para-hydroxylation sites is 1. The largest absolute Gasteiger partial charge is 0.467 e. The monoisotopic (exact) mass is 812 g/mol. The number of ether oxygens (including phenoxy) is 1. The number of ketones is 1. The summed E-state index contributed by atoms with van der Waals surface area (Å²) in [5, 5.41) is 15.5. The molecule has 0 aliphatic carbocycles. The van der Waals surface area contributed by atoms with Crippen molar-refractivity contribution in [3.8, 4) is 11.7 Å². The molecule has 4 aromatic carbocycles. The van der Waals surface area contributed by atoms with Crippen LogP contribution in [0.1, 0.15) is 65.8 Å². The van der Waals surface area contributed by atoms with Crippen LogP contribution in [0, 0.1) is 0 Å². The Labute approximate surface area is 328 Å². The van der Waals surface area contributed by atoms with E-state index in [9.17, 15) is 35.9 Å². The molecule has 5 aromatic rings. The van der Waals surface area contributed by atoms with Crippen molar-refractivity contribution in [2.24, 2.45) is 22.5 Å². The van der Waals surface area contributed by atoms with Gasteiger partial charge in [0.2, 0.25) is 0 Å². The fourth-order valence-electron chi connectivity index (χ4n) is 5.23. The number of benzene rings is 4. The van der Waals surface area contributed by atoms with Crippen LogP contribution in [0.4, 0.5) is 26.3 Å². The smallest absolute Gasteiger partial charge is 0.416 e. The Morgan fingerprint density at radius 2 is 1.48 bits per heavy atom. The number of hydrogen-bond donors (Lipinski definition) is 0. The van der Waals surface area contributed by atoms with Crippen LogP contribution < -0.4 is 10.4 Å². The third-order valence-electron chi connectivity index (χ3n) is 8.17. The summed E-state index contributed by atoms with van der Waals surface area (Å²) in [5.74, 6) is -0.291. The van der Waals surface area contributed by atoms with Crippen LogP contribution in [0.15, 0.2) is 117 Å². The number of halogens is 6. The minimum Gasteiger partial charge on any atom is -0.467 e. The maximum absolute atomic E-state index is 12.9. The lowest BCUT2D eigenvalue weighted by molar-refractivity contribution is -0.138. The number of aromatic nitrogens is 3. The van der Waals surface area contributed by atoms with Crippen LogP contribution >= 0.6 is 0 Å². The first kappa shape index (κ1) is 44.0. The van der Waals surface area contributed by atoms with E-state index in [0.717, 1.165) is 28.9 Å². The van der Waals surface area contributed by atoms with Gasteiger partial charge >= 0.3 is 24.1 Å². The van der Waals surface area contributed by atoms with E-state index in [4.69, 9.17) is 19.2 Å². The number of rotatable bonds is 13. The minimum atomic E-state index is -4.44. The molecule has 0 fully saturated rings. The SMILES string of the molecule is CO/N=C(/C(C)=O)c1ccccc1/C=N/OC(C)c1cccc(C(F)(F)F)c1.COc1nn(C)c(=O)n1-c1ccccc1CO/N=C(\C)c1cccc(C(F)(F)F)c1. The van der Waals surface area contributed by atoms with Crippen molar-refractivity contribution in [1.29, 1.82) is 0 Å². The zero-order valence-corrected chi connectivity index (χ0v) is 32.0. The fraction of sp³-hybridized carbons (Fsp3) is 0.250. The molecule has 18 heteroatoms. The van der Waals surface area contributed by atoms with Gasteiger partial charge in [-0.1, -0.05) is 82.2 Å². The van der Waals surface area contributed by atoms with Gasteiger partial charge in [0.05, 0.1) is 35.9 Å². The second-order valence-corrected chi connectivity index (χ2v) is 12.3. The molecule has 5 rings (SSSR count). The van der Waals surface area contributed by atoms with Gasteiger partial charge in [0.15, 0.2) is 11.5 Å². The van der Waals surface area contributed by atoms with Gasteiger partial charge in [-0.2, -0.15) is 26.3 Å². The van der Waals surface area contributed by atoms with E-state index in [1.54, 1.807) is 62.4 Å². The van der Waals surface area contributed by atoms with E-state index in [-0.39, 0.29) is 29.8 Å². The number of carbonyl (C=O) groups is 1. The van der Waals surface area contributed by atoms with Gasteiger partial charge < -0.3 is 19.2 Å². The van der Waals surface area contributed by atoms with Crippen LogP contribution in [0.2, 0.25) is 0 Å². The summed E-state index contributed by atoms with van der Waals surface area (Å²) in [6.45, 7) is 4.48. The number of hydrogen-bond acceptors (Lipinski definition) is 10. The van der Waals surface area contributed by atoms with E-state index in [2.05, 4.69) is 20.6 Å². The molecule has 0 radical (unpaired) electrons. The Hall–Kier alpha value is -6.72. The lowest BCUT2D eigenvalue weighted by Crippen LogP contribution is -2.22. The van der Waals surface area contributed by atoms with Gasteiger partial charge in [0.25, 0.3) is 0 Å². The molecule has 0 N–H and O–H groups in total. The molecule has 0 aliphatic rings. The van der Waals surface area contributed by atoms with Gasteiger partial charge in [-0.3, -0.25) is 4.79 Å². The van der Waals surface area contributed by atoms with Gasteiger partial charge in [-0.25, -0.2) is 14.0 Å². The van der Waals surface area contributed by atoms with Crippen LogP contribution in [0.25, 0.3) is 5.69 Å². The number of methoxy groups -OCH3 is 1. The lowest BCUT2D eigenvalue weighted by atomic mass is 10.0. The summed E-state index contributed by atoms with van der Waals surface area (Å²) in [6.07, 6.45) is -8.20. The molecule has 0 amide bonds. The van der Waals surface area contributed by atoms with Crippen LogP contribution in [0.5, 0.6) is 6.01 Å². The second kappa shape index (κ2) is 19.4. The number of nitrogens with zero attached hydrogens (tertiary/aromatic N) is 6. The molecular weight excluding hydrogens is 774 g/mol. The minimum absolute atomic E-state index is 0.0169. The molecule has 0 saturated carbocycles. The average molecular weight is 813 g/mol. The van der Waals surface area contributed by atoms with Crippen molar-refractivity contribution in [3.05, 3.63) is 146 Å². The van der Waals surface area contributed by atoms with Gasteiger partial charge in [-0.15, -0.1) is 5.10 Å². The molecule has 306 valence electrons. The molecule has 1 atom stereocenters. The topological polar surface area (TPSA) is 131 Å². The first-order valence-corrected chi connectivity index (χ1v) is 17.2. The average Bonchev–Trinajstić information content (AvgIpc) is 3.49. The number of carbonyl (C=O) groups excluding carboxylic acids is 1. The normalized spacial score (nSPS) is 12.8. The van der Waals surface area contributed by atoms with Crippen molar-refractivity contribution in [1.82, 2.24) is 14.3 Å². The summed E-state index contributed by atoms with van der Waals surface area (Å²) in [5.41, 5.74) is 1.29. The molecule has 1 heterocycles. The van der Waals surface area contributed by atoms with Gasteiger partial charge in [0.1, 0.15) is 19.8 Å². The van der Waals surface area contributed by atoms with E-state index in [1.807, 2.05) is 0 Å². The summed E-state index contributed by atoms with van der Waals surface area (Å²) in [7, 11) is 4.24. The zero-order chi connectivity index (χ0) is 42.6. The molecule has 0 spiro atoms. The number of aryl methyl sites for hydroxylation is 1. The van der Waals surface area contributed by atoms with E-state index in [0.29, 0.717) is 33.5 Å². The van der Waals surface area contributed by atoms with E-state index < -0.39 is 35.3 Å². The number of alkyl halides is 6. The van der Waals surface area contributed by atoms with Crippen molar-refractivity contribution in [2.75, 3.05) is 14.2 Å². The van der Waals surface area contributed by atoms with Crippen molar-refractivity contribution in [2.45, 2.75) is 45.8 Å². The van der Waals surface area contributed by atoms with Crippen LogP contribution in [0.3, 0.4) is 0 Å². The van der Waals surface area contributed by atoms with Crippen molar-refractivity contribution >= 4 is 23.4 Å². The molecule has 12 nitrogen and oxygen atoms in total. The number of Topliss-reactive ketones (excluding diaryl/α,β-unsaturated/α-hetero) is 1. The Kier molecular flexibility index (Phi) is 14.7. The van der Waals surface area contributed by atoms with Gasteiger partial charge in [0, 0.05) is 30.7 Å². The highest BCUT2D eigenvalue weighted by Gasteiger charge is 2.31. The number of oxime groups is 3. The lowest BCUT2D eigenvalue weighted by Gasteiger charge is -2.13. The molecule has 1 aromatic heterocycles. The summed E-state index contributed by atoms with van der Waals surface area (Å²) >= 11 is 0. The first-order valence-electron chi connectivity index (χ1n) is 17.2. The van der Waals surface area contributed by atoms with Crippen LogP contribution in [-0.4, -0.2) is 52.0 Å². The highest BCUT2D eigenvalue weighted by molar-refractivity contribution is 6.46. The Balaban J connectivity index is 0.000000257. The third-order valence-corrected chi connectivity index (χ3v) is 8.17.